The average molecular weight is 1850 g/mol. The third kappa shape index (κ3) is 16.3. The molecule has 488 valence electrons. The van der Waals surface area contributed by atoms with E-state index in [-0.39, 0.29) is 91.4 Å². The van der Waals surface area contributed by atoms with E-state index in [4.69, 9.17) is 18.1 Å². The van der Waals surface area contributed by atoms with Gasteiger partial charge in [-0.2, -0.15) is 0 Å². The second kappa shape index (κ2) is 32.7. The molecule has 0 amide bonds. The third-order valence-corrected chi connectivity index (χ3v) is 20.0. The van der Waals surface area contributed by atoms with Crippen LogP contribution in [0.5, 0.6) is 0 Å². The van der Waals surface area contributed by atoms with Crippen molar-refractivity contribution >= 4 is 33.7 Å². The van der Waals surface area contributed by atoms with E-state index in [1.165, 1.54) is 119 Å². The van der Waals surface area contributed by atoms with Gasteiger partial charge in [0, 0.05) is 160 Å². The summed E-state index contributed by atoms with van der Waals surface area (Å²) in [5.74, 6) is 4.62. The zero-order valence-corrected chi connectivity index (χ0v) is 62.2. The normalized spacial score (nSPS) is 17.2. The molecule has 0 bridgehead atoms. The fourth-order valence-corrected chi connectivity index (χ4v) is 14.4. The van der Waals surface area contributed by atoms with E-state index >= 15 is 0 Å². The van der Waals surface area contributed by atoms with Gasteiger partial charge in [0.1, 0.15) is 5.82 Å². The molecule has 0 saturated heterocycles. The molecule has 3 atom stereocenters. The minimum atomic E-state index is 0. The minimum Gasteiger partial charge on any atom is -0.417 e. The van der Waals surface area contributed by atoms with E-state index in [2.05, 4.69) is 144 Å². The van der Waals surface area contributed by atoms with Crippen molar-refractivity contribution in [3.8, 4) is 23.3 Å². The standard InChI is InChI=1S/C20H22N3.C19H22N5.C17H16N5.C15H19N4.3Ir.Rh/c1-15(20(2)10-4-5-11-20)19-18-16(8-7-13-22-18)14-23(19)17-9-3-6-12-21-17;1-3-14(19(2)8-4-5-9-19)16-11-22-17(12-21-16)24-13-23-15-7-6-10-20-18(15)24;1-17(7-4-5-8-17)11-13-6-9-20-14(10-13)22-12-21-15(18-2)16(22)19-3;1-12(15(2)5-3-4-6-15)13-10-19(11-18-13)14-9-16-7-8-17-14;;;;/h3,6-9,12-13,15H,4-5,10-11H2,1-2H3;6-7,10-12,14H,3-5,8-9H2,1-2H3;6,9-10H,4-5,7-8,11H2,1H3;7-10,12H,3-6H2,1-2H3;;;;/q4*-1;;;;. The Labute approximate surface area is 595 Å². The predicted molar refractivity (Wildman–Crippen MR) is 342 cm³/mol. The van der Waals surface area contributed by atoms with Crippen molar-refractivity contribution in [1.82, 2.24) is 73.1 Å². The summed E-state index contributed by atoms with van der Waals surface area (Å²) < 4.78 is 7.20. The maximum atomic E-state index is 7.23. The van der Waals surface area contributed by atoms with Crippen molar-refractivity contribution in [1.29, 1.82) is 0 Å². The van der Waals surface area contributed by atoms with Gasteiger partial charge in [0.2, 0.25) is 0 Å². The van der Waals surface area contributed by atoms with Gasteiger partial charge in [0.15, 0.2) is 0 Å². The number of aromatic nitrogens is 15. The molecule has 21 heteroatoms. The topological polar surface area (TPSA) is 170 Å². The summed E-state index contributed by atoms with van der Waals surface area (Å²) >= 11 is 0. The molecular formula is C71H79Ir3N17Rh-4. The Hall–Kier alpha value is -6.26. The van der Waals surface area contributed by atoms with E-state index in [0.29, 0.717) is 51.0 Å². The van der Waals surface area contributed by atoms with E-state index < -0.39 is 0 Å². The summed E-state index contributed by atoms with van der Waals surface area (Å²) in [6, 6.07) is 17.9. The van der Waals surface area contributed by atoms with Crippen molar-refractivity contribution in [3.63, 3.8) is 0 Å². The van der Waals surface area contributed by atoms with Gasteiger partial charge in [0.25, 0.3) is 12.1 Å². The first kappa shape index (κ1) is 73.2. The molecule has 17 nitrogen and oxygen atoms in total. The summed E-state index contributed by atoms with van der Waals surface area (Å²) in [7, 11) is 0. The zero-order chi connectivity index (χ0) is 61.3. The molecule has 10 heterocycles. The van der Waals surface area contributed by atoms with Gasteiger partial charge in [-0.3, -0.25) is 39.5 Å². The minimum absolute atomic E-state index is 0. The van der Waals surface area contributed by atoms with Crippen LogP contribution in [0.25, 0.3) is 55.0 Å². The third-order valence-electron chi connectivity index (χ3n) is 20.0. The molecule has 0 aliphatic heterocycles. The fraction of sp³-hybridized carbons (Fsp3) is 0.451. The quantitative estimate of drug-likeness (QED) is 0.0795. The fourth-order valence-electron chi connectivity index (χ4n) is 14.4. The maximum Gasteiger partial charge on any atom is 0.353 e. The molecule has 4 fully saturated rings. The molecule has 4 radical (unpaired) electrons. The Morgan fingerprint density at radius 2 is 1.18 bits per heavy atom. The summed E-state index contributed by atoms with van der Waals surface area (Å²) in [5, 5.41) is 1.07. The second-order valence-corrected chi connectivity index (χ2v) is 25.9. The van der Waals surface area contributed by atoms with Crippen LogP contribution in [0.1, 0.15) is 198 Å². The van der Waals surface area contributed by atoms with E-state index in [9.17, 15) is 0 Å². The number of imidazole rings is 3. The molecule has 92 heavy (non-hydrogen) atoms. The number of pyridine rings is 4. The van der Waals surface area contributed by atoms with Gasteiger partial charge in [-0.25, -0.2) is 0 Å². The number of hydrogen-bond acceptors (Lipinski definition) is 11. The van der Waals surface area contributed by atoms with Crippen LogP contribution >= 0.6 is 0 Å². The van der Waals surface area contributed by atoms with Gasteiger partial charge >= 0.3 is 5.82 Å². The van der Waals surface area contributed by atoms with Gasteiger partial charge in [-0.15, -0.1) is 6.07 Å². The van der Waals surface area contributed by atoms with Gasteiger partial charge in [-0.05, 0) is 144 Å². The monoisotopic (exact) mass is 1850 g/mol. The summed E-state index contributed by atoms with van der Waals surface area (Å²) in [5.41, 5.74) is 8.75. The summed E-state index contributed by atoms with van der Waals surface area (Å²) in [6.07, 6.45) is 53.3. The van der Waals surface area contributed by atoms with Crippen molar-refractivity contribution in [2.45, 2.75) is 182 Å². The zero-order valence-electron chi connectivity index (χ0n) is 53.4. The summed E-state index contributed by atoms with van der Waals surface area (Å²) in [4.78, 5) is 54.8. The molecule has 3 unspecified atom stereocenters. The average Bonchev–Trinajstić information content (AvgIpc) is 1.62. The first-order valence-corrected chi connectivity index (χ1v) is 31.5. The maximum absolute atomic E-state index is 7.23. The summed E-state index contributed by atoms with van der Waals surface area (Å²) in [6.45, 7) is 30.7. The number of rotatable bonds is 13. The predicted octanol–water partition coefficient (Wildman–Crippen LogP) is 16.4. The Kier molecular flexibility index (Phi) is 26.0. The Morgan fingerprint density at radius 1 is 0.543 bits per heavy atom. The molecule has 4 aliphatic rings. The molecule has 0 spiro atoms. The van der Waals surface area contributed by atoms with Crippen molar-refractivity contribution in [2.24, 2.45) is 21.7 Å². The molecule has 0 aromatic carbocycles. The van der Waals surface area contributed by atoms with Crippen LogP contribution in [0, 0.1) is 60.0 Å². The molecule has 14 rings (SSSR count). The van der Waals surface area contributed by atoms with Crippen LogP contribution in [0.2, 0.25) is 0 Å². The van der Waals surface area contributed by atoms with Gasteiger partial charge in [-0.1, -0.05) is 166 Å². The Balaban J connectivity index is 0.000000172. The van der Waals surface area contributed by atoms with Crippen molar-refractivity contribution < 1.29 is 79.8 Å². The molecule has 0 N–H and O–H groups in total. The van der Waals surface area contributed by atoms with Gasteiger partial charge in [0.05, 0.1) is 23.1 Å². The largest absolute Gasteiger partial charge is 0.417 e. The van der Waals surface area contributed by atoms with E-state index in [0.717, 1.165) is 57.9 Å². The van der Waals surface area contributed by atoms with Gasteiger partial charge < -0.3 is 38.3 Å². The van der Waals surface area contributed by atoms with Crippen LogP contribution in [-0.4, -0.2) is 73.1 Å². The Bertz CT molecular complexity index is 4020. The number of fused-ring (bicyclic) bond motifs is 2. The number of hydrogen-bond donors (Lipinski definition) is 0. The molecule has 4 saturated carbocycles. The van der Waals surface area contributed by atoms with E-state index in [1.54, 1.807) is 35.6 Å². The van der Waals surface area contributed by atoms with Crippen LogP contribution in [0.15, 0.2) is 117 Å². The van der Waals surface area contributed by atoms with Crippen LogP contribution in [-0.2, 0) is 86.2 Å². The van der Waals surface area contributed by atoms with Crippen molar-refractivity contribution in [2.75, 3.05) is 0 Å². The smallest absolute Gasteiger partial charge is 0.353 e. The molecule has 4 aliphatic carbocycles. The second-order valence-electron chi connectivity index (χ2n) is 25.9. The van der Waals surface area contributed by atoms with Crippen molar-refractivity contribution in [3.05, 3.63) is 187 Å². The van der Waals surface area contributed by atoms with E-state index in [1.807, 2.05) is 84.1 Å². The first-order valence-electron chi connectivity index (χ1n) is 31.5. The van der Waals surface area contributed by atoms with Crippen LogP contribution < -0.4 is 0 Å². The SMILES string of the molecule is CC(c1c2ncccc2[c-]n1-c1ccccn1)C1(C)CCCC1.CC(c1cn(-c2cnccn2)[c-]n1)C1(C)CCCC1.CCC(c1cnc(-n2[c-]nc3cccnc32)cn1)C1(C)CCCC1.[C-]#[N+]c1n[c-]n(-c2cc(CC3(C)CCCC3)ccn2)c1[N+]#[C-].[Ir].[Ir].[Ir].[Rh]. The van der Waals surface area contributed by atoms with Crippen LogP contribution in [0.4, 0.5) is 11.6 Å². The molecular weight excluding hydrogens is 1770 g/mol. The first-order chi connectivity index (χ1) is 42.7. The number of nitrogens with zero attached hydrogens (tertiary/aromatic N) is 17. The molecule has 10 aromatic rings. The Morgan fingerprint density at radius 3 is 1.83 bits per heavy atom. The molecule has 10 aromatic heterocycles. The van der Waals surface area contributed by atoms with Crippen LogP contribution in [0.3, 0.4) is 0 Å².